The molecule has 7 atom stereocenters. The monoisotopic (exact) mass is 617 g/mol. The van der Waals surface area contributed by atoms with E-state index in [2.05, 4.69) is 34.4 Å². The van der Waals surface area contributed by atoms with Crippen molar-refractivity contribution < 1.29 is 57.4 Å². The van der Waals surface area contributed by atoms with Gasteiger partial charge in [-0.25, -0.2) is 28.6 Å². The van der Waals surface area contributed by atoms with E-state index in [1.54, 1.807) is 30.3 Å². The van der Waals surface area contributed by atoms with E-state index >= 15 is 0 Å². The summed E-state index contributed by atoms with van der Waals surface area (Å²) < 4.78 is 39.8. The zero-order chi connectivity index (χ0) is 29.9. The number of para-hydroxylation sites is 1. The number of nitrogens with two attached hydrogens (primary N) is 1. The fraction of sp³-hybridized carbons (Fsp3) is 0.350. The smallest absolute Gasteiger partial charge is 0.479 e. The van der Waals surface area contributed by atoms with Crippen molar-refractivity contribution in [3.8, 4) is 0 Å². The van der Waals surface area contributed by atoms with Gasteiger partial charge in [-0.15, -0.1) is 0 Å². The third kappa shape index (κ3) is 7.49. The topological polar surface area (TPSA) is 291 Å². The van der Waals surface area contributed by atoms with Gasteiger partial charge < -0.3 is 40.9 Å². The summed E-state index contributed by atoms with van der Waals surface area (Å²) in [5, 5.41) is 34.9. The molecule has 2 amide bonds. The molecule has 0 bridgehead atoms. The number of amides is 2. The Morgan fingerprint density at radius 2 is 1.80 bits per heavy atom. The second kappa shape index (κ2) is 12.3. The number of aliphatic hydroxyl groups is 2. The maximum absolute atomic E-state index is 12.4. The standard InChI is InChI=1S/C20H25N7O12P2/c21-11(19(30)31)7-40(33,34)39-41(35,36)37-6-12-14(28)15(29)18(38-12)27-9-24-13-16(22-8-23-17(13)27)26-20(32)25-10-4-2-1-3-5-10/h1-5,8-9,11-12,14-15,18,28-29H,6-7,21H2,(H,30,31)(H,33,34)(H,35,36)(H2,22,23,25,26,32)/t11?,12-,14?,15+,18-/m1/s1. The minimum absolute atomic E-state index is 0.0181. The van der Waals surface area contributed by atoms with Gasteiger partial charge >= 0.3 is 27.4 Å². The third-order valence-corrected chi connectivity index (χ3v) is 8.79. The number of fused-ring (bicyclic) bond motifs is 1. The molecule has 41 heavy (non-hydrogen) atoms. The summed E-state index contributed by atoms with van der Waals surface area (Å²) in [5.41, 5.74) is 5.86. The van der Waals surface area contributed by atoms with Gasteiger partial charge in [-0.3, -0.25) is 23.8 Å². The van der Waals surface area contributed by atoms with Crippen LogP contribution in [0.3, 0.4) is 0 Å². The zero-order valence-electron chi connectivity index (χ0n) is 20.7. The van der Waals surface area contributed by atoms with Crippen LogP contribution >= 0.6 is 15.4 Å². The van der Waals surface area contributed by atoms with Crippen molar-refractivity contribution in [3.05, 3.63) is 43.0 Å². The van der Waals surface area contributed by atoms with Gasteiger partial charge in [-0.1, -0.05) is 18.2 Å². The van der Waals surface area contributed by atoms with E-state index in [4.69, 9.17) is 15.6 Å². The maximum atomic E-state index is 12.4. The largest absolute Gasteiger partial charge is 0.480 e. The molecule has 0 spiro atoms. The summed E-state index contributed by atoms with van der Waals surface area (Å²) in [7, 11) is -10.3. The van der Waals surface area contributed by atoms with Crippen LogP contribution in [0.4, 0.5) is 16.3 Å². The Bertz CT molecular complexity index is 1510. The number of urea groups is 1. The first-order chi connectivity index (χ1) is 19.3. The van der Waals surface area contributed by atoms with Crippen LogP contribution in [0.5, 0.6) is 0 Å². The molecule has 19 nitrogen and oxygen atoms in total. The number of carbonyl (C=O) groups excluding carboxylic acids is 1. The molecule has 1 aliphatic heterocycles. The predicted molar refractivity (Wildman–Crippen MR) is 137 cm³/mol. The predicted octanol–water partition coefficient (Wildman–Crippen LogP) is -0.180. The molecule has 0 radical (unpaired) electrons. The van der Waals surface area contributed by atoms with Crippen molar-refractivity contribution in [2.75, 3.05) is 23.4 Å². The number of hydrogen-bond donors (Lipinski definition) is 8. The Balaban J connectivity index is 1.42. The number of aliphatic carboxylic acids is 1. The summed E-state index contributed by atoms with van der Waals surface area (Å²) >= 11 is 0. The second-order valence-corrected chi connectivity index (χ2v) is 12.1. The molecule has 3 heterocycles. The Morgan fingerprint density at radius 1 is 1.10 bits per heavy atom. The van der Waals surface area contributed by atoms with Crippen LogP contribution in [0.25, 0.3) is 11.2 Å². The van der Waals surface area contributed by atoms with Gasteiger partial charge in [-0.05, 0) is 12.1 Å². The number of imidazole rings is 1. The average Bonchev–Trinajstić information content (AvgIpc) is 3.44. The van der Waals surface area contributed by atoms with Crippen molar-refractivity contribution in [2.24, 2.45) is 5.73 Å². The fourth-order valence-electron chi connectivity index (χ4n) is 3.73. The molecule has 4 unspecified atom stereocenters. The Kier molecular flexibility index (Phi) is 9.15. The number of aromatic nitrogens is 4. The lowest BCUT2D eigenvalue weighted by atomic mass is 10.1. The van der Waals surface area contributed by atoms with Crippen molar-refractivity contribution in [2.45, 2.75) is 30.6 Å². The van der Waals surface area contributed by atoms with Gasteiger partial charge in [0.15, 0.2) is 23.2 Å². The van der Waals surface area contributed by atoms with E-state index in [-0.39, 0.29) is 17.0 Å². The molecule has 1 fully saturated rings. The number of phosphoric acid groups is 1. The second-order valence-electron chi connectivity index (χ2n) is 8.65. The lowest BCUT2D eigenvalue weighted by Crippen LogP contribution is -2.34. The Labute approximate surface area is 230 Å². The molecule has 3 aromatic rings. The number of carboxylic acids is 1. The van der Waals surface area contributed by atoms with Gasteiger partial charge in [0.1, 0.15) is 30.7 Å². The first kappa shape index (κ1) is 30.6. The number of benzene rings is 1. The molecule has 21 heteroatoms. The Hall–Kier alpha value is -3.35. The van der Waals surface area contributed by atoms with Gasteiger partial charge in [0, 0.05) is 5.69 Å². The van der Waals surface area contributed by atoms with Crippen LogP contribution in [-0.2, 0) is 27.5 Å². The average molecular weight is 617 g/mol. The van der Waals surface area contributed by atoms with Gasteiger partial charge in [0.2, 0.25) is 0 Å². The summed E-state index contributed by atoms with van der Waals surface area (Å²) in [6, 6.07) is 6.11. The van der Waals surface area contributed by atoms with Gasteiger partial charge in [-0.2, -0.15) is 0 Å². The lowest BCUT2D eigenvalue weighted by molar-refractivity contribution is -0.138. The molecule has 9 N–H and O–H groups in total. The van der Waals surface area contributed by atoms with E-state index in [9.17, 15) is 38.7 Å². The molecule has 0 aliphatic carbocycles. The maximum Gasteiger partial charge on any atom is 0.479 e. The molecule has 1 aromatic carbocycles. The molecular weight excluding hydrogens is 592 g/mol. The highest BCUT2D eigenvalue weighted by Gasteiger charge is 2.46. The number of ether oxygens (including phenoxy) is 1. The highest BCUT2D eigenvalue weighted by Crippen LogP contribution is 2.60. The minimum Gasteiger partial charge on any atom is -0.480 e. The number of carboxylic acid groups (broad SMARTS) is 1. The summed E-state index contributed by atoms with van der Waals surface area (Å²) in [6.07, 6.45) is -5.00. The first-order valence-electron chi connectivity index (χ1n) is 11.6. The Morgan fingerprint density at radius 3 is 2.49 bits per heavy atom. The van der Waals surface area contributed by atoms with Crippen molar-refractivity contribution in [1.29, 1.82) is 0 Å². The van der Waals surface area contributed by atoms with Crippen molar-refractivity contribution in [1.82, 2.24) is 19.5 Å². The van der Waals surface area contributed by atoms with Gasteiger partial charge in [0.05, 0.1) is 19.1 Å². The number of aliphatic hydroxyl groups excluding tert-OH is 2. The number of phosphoric ester groups is 1. The zero-order valence-corrected chi connectivity index (χ0v) is 22.5. The van der Waals surface area contributed by atoms with E-state index in [1.165, 1.54) is 10.9 Å². The molecule has 1 saturated heterocycles. The minimum atomic E-state index is -5.28. The molecule has 4 rings (SSSR count). The van der Waals surface area contributed by atoms with E-state index in [1.807, 2.05) is 0 Å². The van der Waals surface area contributed by atoms with Gasteiger partial charge in [0.25, 0.3) is 0 Å². The van der Waals surface area contributed by atoms with Crippen LogP contribution in [0.15, 0.2) is 43.0 Å². The van der Waals surface area contributed by atoms with E-state index in [0.717, 1.165) is 6.33 Å². The summed E-state index contributed by atoms with van der Waals surface area (Å²) in [4.78, 5) is 54.9. The molecule has 1 aliphatic rings. The van der Waals surface area contributed by atoms with Crippen molar-refractivity contribution >= 4 is 50.1 Å². The molecule has 0 saturated carbocycles. The quantitative estimate of drug-likeness (QED) is 0.129. The number of carbonyl (C=O) groups is 2. The van der Waals surface area contributed by atoms with Crippen LogP contribution < -0.4 is 16.4 Å². The third-order valence-electron chi connectivity index (χ3n) is 5.61. The first-order valence-corrected chi connectivity index (χ1v) is 14.8. The normalized spacial score (nSPS) is 24.3. The number of nitrogens with one attached hydrogen (secondary N) is 2. The van der Waals surface area contributed by atoms with Crippen LogP contribution in [0.2, 0.25) is 0 Å². The molecule has 222 valence electrons. The highest BCUT2D eigenvalue weighted by atomic mass is 31.3. The SMILES string of the molecule is NC(CP(=O)(O)OP(=O)(O)OC[C@H]1O[C@@H](n2cnc3c(NC(=O)Nc4ccccc4)ncnc32)[C@@H](O)C1O)C(=O)O. The summed E-state index contributed by atoms with van der Waals surface area (Å²) in [5.74, 6) is -1.63. The number of rotatable bonds is 11. The number of anilines is 2. The van der Waals surface area contributed by atoms with Crippen molar-refractivity contribution in [3.63, 3.8) is 0 Å². The van der Waals surface area contributed by atoms with Crippen LogP contribution in [0.1, 0.15) is 6.23 Å². The highest BCUT2D eigenvalue weighted by molar-refractivity contribution is 7.64. The summed E-state index contributed by atoms with van der Waals surface area (Å²) in [6.45, 7) is -0.901. The molecular formula is C20H25N7O12P2. The number of hydrogen-bond acceptors (Lipinski definition) is 13. The number of nitrogens with zero attached hydrogens (tertiary/aromatic N) is 4. The van der Waals surface area contributed by atoms with Crippen LogP contribution in [0, 0.1) is 0 Å². The van der Waals surface area contributed by atoms with E-state index in [0.29, 0.717) is 5.69 Å². The van der Waals surface area contributed by atoms with Crippen LogP contribution in [-0.4, -0.2) is 93.7 Å². The van der Waals surface area contributed by atoms with E-state index < -0.39 is 70.8 Å². The lowest BCUT2D eigenvalue weighted by Gasteiger charge is -2.20. The fourth-order valence-corrected chi connectivity index (χ4v) is 6.46. The molecule has 2 aromatic heterocycles.